The van der Waals surface area contributed by atoms with Crippen molar-refractivity contribution in [2.45, 2.75) is 32.6 Å². The minimum Gasteiger partial charge on any atom is -0.487 e. The van der Waals surface area contributed by atoms with Crippen molar-refractivity contribution in [2.24, 2.45) is 5.92 Å². The summed E-state index contributed by atoms with van der Waals surface area (Å²) in [6.07, 6.45) is 4.53. The summed E-state index contributed by atoms with van der Waals surface area (Å²) in [6.45, 7) is 5.66. The van der Waals surface area contributed by atoms with Crippen LogP contribution < -0.4 is 4.74 Å². The quantitative estimate of drug-likeness (QED) is 0.264. The third-order valence-electron chi connectivity index (χ3n) is 5.45. The minimum atomic E-state index is -1.82. The number of carboxylic acid groups (broad SMARTS) is 2. The molecule has 1 fully saturated rings. The van der Waals surface area contributed by atoms with Gasteiger partial charge < -0.3 is 19.8 Å². The summed E-state index contributed by atoms with van der Waals surface area (Å²) >= 11 is 0. The van der Waals surface area contributed by atoms with Gasteiger partial charge in [0.1, 0.15) is 0 Å². The molecule has 0 spiro atoms. The maximum Gasteiger partial charge on any atom is 0.414 e. The first-order chi connectivity index (χ1) is 15.8. The average Bonchev–Trinajstić information content (AvgIpc) is 2.79. The minimum absolute atomic E-state index is 0.0438. The van der Waals surface area contributed by atoms with Crippen LogP contribution in [0.15, 0.2) is 48.5 Å². The molecule has 0 saturated carbocycles. The van der Waals surface area contributed by atoms with Crippen molar-refractivity contribution in [1.82, 2.24) is 4.90 Å². The number of nitrogens with zero attached hydrogens (tertiary/aromatic N) is 2. The Morgan fingerprint density at radius 1 is 1.09 bits per heavy atom. The number of hydrogen-bond acceptors (Lipinski definition) is 6. The molecule has 9 heteroatoms. The van der Waals surface area contributed by atoms with E-state index in [4.69, 9.17) is 24.5 Å². The predicted octanol–water partition coefficient (Wildman–Crippen LogP) is 3.78. The summed E-state index contributed by atoms with van der Waals surface area (Å²) in [4.78, 5) is 31.4. The Bertz CT molecular complexity index is 914. The number of nitro groups is 1. The number of ether oxygens (including phenoxy) is 1. The van der Waals surface area contributed by atoms with Gasteiger partial charge >= 0.3 is 17.6 Å². The highest BCUT2D eigenvalue weighted by atomic mass is 16.6. The van der Waals surface area contributed by atoms with Crippen molar-refractivity contribution < 1.29 is 29.5 Å². The van der Waals surface area contributed by atoms with Crippen LogP contribution in [0.5, 0.6) is 5.75 Å². The second-order valence-electron chi connectivity index (χ2n) is 8.02. The number of carbonyl (C=O) groups is 2. The third kappa shape index (κ3) is 9.28. The van der Waals surface area contributed by atoms with Crippen molar-refractivity contribution >= 4 is 17.6 Å². The molecule has 0 unspecified atom stereocenters. The molecular weight excluding hydrogens is 428 g/mol. The SMILES string of the molecule is Cc1ccc([N+](=O)[O-])c(OCCCN2CCC(Cc3ccccc3)CC2)c1.O=C(O)C(=O)O. The van der Waals surface area contributed by atoms with Crippen LogP contribution in [-0.4, -0.2) is 58.2 Å². The second kappa shape index (κ2) is 13.2. The van der Waals surface area contributed by atoms with Crippen LogP contribution in [0, 0.1) is 23.0 Å². The van der Waals surface area contributed by atoms with Crippen LogP contribution in [0.1, 0.15) is 30.4 Å². The van der Waals surface area contributed by atoms with Crippen molar-refractivity contribution in [3.05, 3.63) is 69.8 Å². The molecule has 0 aliphatic carbocycles. The monoisotopic (exact) mass is 458 g/mol. The molecule has 178 valence electrons. The van der Waals surface area contributed by atoms with Crippen molar-refractivity contribution in [2.75, 3.05) is 26.2 Å². The van der Waals surface area contributed by atoms with Crippen molar-refractivity contribution in [3.63, 3.8) is 0 Å². The number of piperidine rings is 1. The summed E-state index contributed by atoms with van der Waals surface area (Å²) in [7, 11) is 0. The largest absolute Gasteiger partial charge is 0.487 e. The highest BCUT2D eigenvalue weighted by molar-refractivity contribution is 6.27. The molecule has 0 bridgehead atoms. The van der Waals surface area contributed by atoms with Crippen LogP contribution >= 0.6 is 0 Å². The summed E-state index contributed by atoms with van der Waals surface area (Å²) in [5, 5.41) is 25.9. The van der Waals surface area contributed by atoms with E-state index in [2.05, 4.69) is 35.2 Å². The van der Waals surface area contributed by atoms with E-state index in [-0.39, 0.29) is 10.6 Å². The van der Waals surface area contributed by atoms with Crippen LogP contribution in [0.4, 0.5) is 5.69 Å². The molecular formula is C24H30N2O7. The Labute approximate surface area is 192 Å². The molecule has 0 aromatic heterocycles. The standard InChI is InChI=1S/C22H28N2O3.C2H2O4/c1-18-8-9-21(24(25)26)22(16-18)27-15-5-12-23-13-10-20(11-14-23)17-19-6-3-2-4-7-19;3-1(4)2(5)6/h2-4,6-9,16,20H,5,10-15,17H2,1H3;(H,3,4)(H,5,6). The van der Waals surface area contributed by atoms with Gasteiger partial charge in [-0.05, 0) is 68.8 Å². The molecule has 33 heavy (non-hydrogen) atoms. The van der Waals surface area contributed by atoms with E-state index in [1.807, 2.05) is 6.92 Å². The Kier molecular flexibility index (Phi) is 10.3. The number of benzene rings is 2. The molecule has 0 amide bonds. The fourth-order valence-corrected chi connectivity index (χ4v) is 3.72. The van der Waals surface area contributed by atoms with E-state index in [1.165, 1.54) is 30.9 Å². The Hall–Kier alpha value is -3.46. The van der Waals surface area contributed by atoms with E-state index in [0.29, 0.717) is 12.4 Å². The number of hydrogen-bond donors (Lipinski definition) is 2. The summed E-state index contributed by atoms with van der Waals surface area (Å²) in [5.74, 6) is -2.50. The number of likely N-dealkylation sites (tertiary alicyclic amines) is 1. The number of aryl methyl sites for hydroxylation is 1. The van der Waals surface area contributed by atoms with Gasteiger partial charge in [-0.2, -0.15) is 0 Å². The predicted molar refractivity (Wildman–Crippen MR) is 123 cm³/mol. The molecule has 3 rings (SSSR count). The summed E-state index contributed by atoms with van der Waals surface area (Å²) in [6, 6.07) is 15.7. The Balaban J connectivity index is 0.000000569. The number of rotatable bonds is 8. The van der Waals surface area contributed by atoms with Crippen molar-refractivity contribution in [1.29, 1.82) is 0 Å². The number of carboxylic acids is 2. The highest BCUT2D eigenvalue weighted by Gasteiger charge is 2.19. The van der Waals surface area contributed by atoms with Gasteiger partial charge in [0, 0.05) is 12.6 Å². The first-order valence-corrected chi connectivity index (χ1v) is 10.9. The zero-order valence-corrected chi connectivity index (χ0v) is 18.7. The normalized spacial score (nSPS) is 14.1. The van der Waals surface area contributed by atoms with E-state index in [1.54, 1.807) is 12.1 Å². The van der Waals surface area contributed by atoms with Gasteiger partial charge in [-0.3, -0.25) is 10.1 Å². The lowest BCUT2D eigenvalue weighted by Gasteiger charge is -2.32. The molecule has 0 radical (unpaired) electrons. The van der Waals surface area contributed by atoms with Gasteiger partial charge in [0.05, 0.1) is 11.5 Å². The highest BCUT2D eigenvalue weighted by Crippen LogP contribution is 2.28. The molecule has 2 aromatic carbocycles. The fourth-order valence-electron chi connectivity index (χ4n) is 3.72. The van der Waals surface area contributed by atoms with Crippen molar-refractivity contribution in [3.8, 4) is 5.75 Å². The van der Waals surface area contributed by atoms with Gasteiger partial charge in [0.25, 0.3) is 0 Å². The van der Waals surface area contributed by atoms with Crippen LogP contribution in [-0.2, 0) is 16.0 Å². The maximum absolute atomic E-state index is 11.1. The Morgan fingerprint density at radius 2 is 1.73 bits per heavy atom. The fraction of sp³-hybridized carbons (Fsp3) is 0.417. The van der Waals surface area contributed by atoms with Crippen LogP contribution in [0.2, 0.25) is 0 Å². The molecule has 2 aromatic rings. The van der Waals surface area contributed by atoms with Gasteiger partial charge in [0.15, 0.2) is 5.75 Å². The van der Waals surface area contributed by atoms with Crippen LogP contribution in [0.3, 0.4) is 0 Å². The molecule has 9 nitrogen and oxygen atoms in total. The first-order valence-electron chi connectivity index (χ1n) is 10.9. The number of aliphatic carboxylic acids is 2. The van der Waals surface area contributed by atoms with Gasteiger partial charge in [-0.1, -0.05) is 36.4 Å². The zero-order chi connectivity index (χ0) is 24.2. The van der Waals surface area contributed by atoms with E-state index in [9.17, 15) is 10.1 Å². The molecule has 1 aliphatic rings. The van der Waals surface area contributed by atoms with E-state index >= 15 is 0 Å². The second-order valence-corrected chi connectivity index (χ2v) is 8.02. The topological polar surface area (TPSA) is 130 Å². The zero-order valence-electron chi connectivity index (χ0n) is 18.7. The van der Waals surface area contributed by atoms with Crippen LogP contribution in [0.25, 0.3) is 0 Å². The lowest BCUT2D eigenvalue weighted by molar-refractivity contribution is -0.385. The maximum atomic E-state index is 11.1. The summed E-state index contributed by atoms with van der Waals surface area (Å²) in [5.41, 5.74) is 2.45. The lowest BCUT2D eigenvalue weighted by atomic mass is 9.90. The molecule has 1 heterocycles. The van der Waals surface area contributed by atoms with E-state index < -0.39 is 11.9 Å². The smallest absolute Gasteiger partial charge is 0.414 e. The van der Waals surface area contributed by atoms with Gasteiger partial charge in [-0.15, -0.1) is 0 Å². The van der Waals surface area contributed by atoms with E-state index in [0.717, 1.165) is 37.5 Å². The molecule has 1 saturated heterocycles. The Morgan fingerprint density at radius 3 is 2.30 bits per heavy atom. The van der Waals surface area contributed by atoms with Gasteiger partial charge in [0.2, 0.25) is 0 Å². The molecule has 0 atom stereocenters. The number of nitro benzene ring substituents is 1. The molecule has 2 N–H and O–H groups in total. The summed E-state index contributed by atoms with van der Waals surface area (Å²) < 4.78 is 5.70. The lowest BCUT2D eigenvalue weighted by Crippen LogP contribution is -2.35. The molecule has 1 aliphatic heterocycles. The van der Waals surface area contributed by atoms with Gasteiger partial charge in [-0.25, -0.2) is 9.59 Å². The first kappa shape index (κ1) is 25.8. The average molecular weight is 459 g/mol. The third-order valence-corrected chi connectivity index (χ3v) is 5.45.